The van der Waals surface area contributed by atoms with Crippen LogP contribution in [-0.2, 0) is 4.74 Å². The number of nitrogens with one attached hydrogen (secondary N) is 1. The summed E-state index contributed by atoms with van der Waals surface area (Å²) in [5.74, 6) is 1.58. The Kier molecular flexibility index (Phi) is 9.11. The first-order valence-electron chi connectivity index (χ1n) is 8.14. The summed E-state index contributed by atoms with van der Waals surface area (Å²) in [6, 6.07) is 8.38. The lowest BCUT2D eigenvalue weighted by Crippen LogP contribution is -2.23. The summed E-state index contributed by atoms with van der Waals surface area (Å²) in [7, 11) is 3.67. The van der Waals surface area contributed by atoms with Crippen LogP contribution in [-0.4, -0.2) is 27.4 Å². The molecule has 1 aromatic carbocycles. The Morgan fingerprint density at radius 2 is 2.00 bits per heavy atom. The van der Waals surface area contributed by atoms with E-state index in [-0.39, 0.29) is 6.04 Å². The van der Waals surface area contributed by atoms with Gasteiger partial charge in [-0.25, -0.2) is 0 Å². The van der Waals surface area contributed by atoms with Crippen LogP contribution in [0.25, 0.3) is 0 Å². The number of ether oxygens (including phenoxy) is 2. The Bertz CT molecular complexity index is 381. The fourth-order valence-corrected chi connectivity index (χ4v) is 2.46. The van der Waals surface area contributed by atoms with E-state index in [2.05, 4.69) is 31.3 Å². The smallest absolute Gasteiger partial charge is 0.119 e. The van der Waals surface area contributed by atoms with Gasteiger partial charge in [0.1, 0.15) is 5.75 Å². The molecule has 0 saturated carbocycles. The Balaban J connectivity index is 2.46. The minimum absolute atomic E-state index is 0.212. The summed E-state index contributed by atoms with van der Waals surface area (Å²) in [6.07, 6.45) is 5.03. The molecule has 21 heavy (non-hydrogen) atoms. The molecule has 0 heterocycles. The van der Waals surface area contributed by atoms with Crippen molar-refractivity contribution < 1.29 is 9.47 Å². The van der Waals surface area contributed by atoms with Crippen LogP contribution in [0.1, 0.15) is 51.1 Å². The van der Waals surface area contributed by atoms with E-state index in [1.54, 1.807) is 7.11 Å². The summed E-state index contributed by atoms with van der Waals surface area (Å²) in [6.45, 7) is 6.06. The molecule has 3 nitrogen and oxygen atoms in total. The van der Waals surface area contributed by atoms with Gasteiger partial charge in [0.15, 0.2) is 0 Å². The number of likely N-dealkylation sites (N-methyl/N-ethyl adjacent to an activating group) is 1. The van der Waals surface area contributed by atoms with E-state index in [9.17, 15) is 0 Å². The van der Waals surface area contributed by atoms with Crippen LogP contribution in [0.2, 0.25) is 0 Å². The van der Waals surface area contributed by atoms with Gasteiger partial charge in [-0.05, 0) is 37.1 Å². The maximum absolute atomic E-state index is 5.96. The molecule has 1 N–H and O–H groups in total. The molecule has 2 unspecified atom stereocenters. The number of methoxy groups -OCH3 is 1. The van der Waals surface area contributed by atoms with Crippen LogP contribution in [0.4, 0.5) is 0 Å². The first-order chi connectivity index (χ1) is 10.2. The molecule has 0 spiro atoms. The third kappa shape index (κ3) is 6.49. The molecule has 0 radical (unpaired) electrons. The first kappa shape index (κ1) is 18.0. The Hall–Kier alpha value is -1.06. The van der Waals surface area contributed by atoms with Gasteiger partial charge in [-0.3, -0.25) is 0 Å². The van der Waals surface area contributed by atoms with Crippen molar-refractivity contribution >= 4 is 0 Å². The number of benzene rings is 1. The second-order valence-corrected chi connectivity index (χ2v) is 5.57. The van der Waals surface area contributed by atoms with Gasteiger partial charge in [0.2, 0.25) is 0 Å². The van der Waals surface area contributed by atoms with Gasteiger partial charge >= 0.3 is 0 Å². The Labute approximate surface area is 130 Å². The maximum Gasteiger partial charge on any atom is 0.119 e. The van der Waals surface area contributed by atoms with Crippen molar-refractivity contribution in [1.29, 1.82) is 0 Å². The zero-order valence-corrected chi connectivity index (χ0v) is 14.0. The summed E-state index contributed by atoms with van der Waals surface area (Å²) >= 11 is 0. The Morgan fingerprint density at radius 3 is 2.62 bits per heavy atom. The highest BCUT2D eigenvalue weighted by Crippen LogP contribution is 2.20. The van der Waals surface area contributed by atoms with Gasteiger partial charge in [-0.15, -0.1) is 0 Å². The van der Waals surface area contributed by atoms with Crippen LogP contribution in [0, 0.1) is 5.92 Å². The fraction of sp³-hybridized carbons (Fsp3) is 0.667. The third-order valence-corrected chi connectivity index (χ3v) is 4.03. The zero-order chi connectivity index (χ0) is 15.5. The highest BCUT2D eigenvalue weighted by atomic mass is 16.5. The minimum Gasteiger partial charge on any atom is -0.497 e. The van der Waals surface area contributed by atoms with Gasteiger partial charge < -0.3 is 14.8 Å². The second-order valence-electron chi connectivity index (χ2n) is 5.57. The molecule has 0 saturated heterocycles. The van der Waals surface area contributed by atoms with Crippen LogP contribution in [0.5, 0.6) is 5.75 Å². The first-order valence-corrected chi connectivity index (χ1v) is 8.14. The average Bonchev–Trinajstić information content (AvgIpc) is 2.54. The molecule has 2 atom stereocenters. The molecule has 0 amide bonds. The van der Waals surface area contributed by atoms with Gasteiger partial charge in [-0.2, -0.15) is 0 Å². The quantitative estimate of drug-likeness (QED) is 0.663. The number of unbranched alkanes of at least 4 members (excludes halogenated alkanes) is 1. The van der Waals surface area contributed by atoms with Gasteiger partial charge in [0.05, 0.1) is 19.8 Å². The van der Waals surface area contributed by atoms with E-state index in [4.69, 9.17) is 9.47 Å². The van der Waals surface area contributed by atoms with E-state index in [0.717, 1.165) is 12.4 Å². The van der Waals surface area contributed by atoms with Gasteiger partial charge in [0, 0.05) is 6.61 Å². The molecule has 0 aliphatic rings. The largest absolute Gasteiger partial charge is 0.497 e. The average molecular weight is 293 g/mol. The van der Waals surface area contributed by atoms with Crippen molar-refractivity contribution in [3.8, 4) is 5.75 Å². The number of rotatable bonds is 11. The molecule has 0 aliphatic heterocycles. The molecule has 0 bridgehead atoms. The summed E-state index contributed by atoms with van der Waals surface area (Å²) < 4.78 is 11.2. The molecular weight excluding hydrogens is 262 g/mol. The molecule has 0 fully saturated rings. The normalized spacial score (nSPS) is 13.9. The molecule has 120 valence electrons. The monoisotopic (exact) mass is 293 g/mol. The fourth-order valence-electron chi connectivity index (χ4n) is 2.46. The SMILES string of the molecule is CCCCC(CC)COCC(NC)c1cccc(OC)c1. The highest BCUT2D eigenvalue weighted by Gasteiger charge is 2.12. The number of hydrogen-bond acceptors (Lipinski definition) is 3. The van der Waals surface area contributed by atoms with Gasteiger partial charge in [-0.1, -0.05) is 45.2 Å². The van der Waals surface area contributed by atoms with E-state index in [1.807, 2.05) is 19.2 Å². The van der Waals surface area contributed by atoms with E-state index >= 15 is 0 Å². The third-order valence-electron chi connectivity index (χ3n) is 4.03. The molecule has 0 aliphatic carbocycles. The maximum atomic E-state index is 5.96. The van der Waals surface area contributed by atoms with E-state index in [0.29, 0.717) is 12.5 Å². The highest BCUT2D eigenvalue weighted by molar-refractivity contribution is 5.30. The van der Waals surface area contributed by atoms with Crippen LogP contribution >= 0.6 is 0 Å². The van der Waals surface area contributed by atoms with Crippen molar-refractivity contribution in [3.63, 3.8) is 0 Å². The van der Waals surface area contributed by atoms with Crippen molar-refractivity contribution in [1.82, 2.24) is 5.32 Å². The summed E-state index contributed by atoms with van der Waals surface area (Å²) in [4.78, 5) is 0. The topological polar surface area (TPSA) is 30.5 Å². The van der Waals surface area contributed by atoms with E-state index < -0.39 is 0 Å². The molecular formula is C18H31NO2. The minimum atomic E-state index is 0.212. The lowest BCUT2D eigenvalue weighted by Gasteiger charge is -2.20. The summed E-state index contributed by atoms with van der Waals surface area (Å²) in [5.41, 5.74) is 1.21. The number of hydrogen-bond donors (Lipinski definition) is 1. The predicted octanol–water partition coefficient (Wildman–Crippen LogP) is 4.19. The zero-order valence-electron chi connectivity index (χ0n) is 14.0. The van der Waals surface area contributed by atoms with Gasteiger partial charge in [0.25, 0.3) is 0 Å². The lowest BCUT2D eigenvalue weighted by atomic mass is 10.0. The van der Waals surface area contributed by atoms with Crippen molar-refractivity contribution in [2.45, 2.75) is 45.6 Å². The molecule has 1 aromatic rings. The van der Waals surface area contributed by atoms with E-state index in [1.165, 1.54) is 31.2 Å². The van der Waals surface area contributed by atoms with Crippen LogP contribution in [0.15, 0.2) is 24.3 Å². The second kappa shape index (κ2) is 10.6. The van der Waals surface area contributed by atoms with Crippen LogP contribution in [0.3, 0.4) is 0 Å². The standard InChI is InChI=1S/C18H31NO2/c1-5-7-9-15(6-2)13-21-14-18(19-3)16-10-8-11-17(12-16)20-4/h8,10-12,15,18-19H,5-7,9,13-14H2,1-4H3. The molecule has 1 rings (SSSR count). The predicted molar refractivity (Wildman–Crippen MR) is 88.9 cm³/mol. The van der Waals surface area contributed by atoms with Crippen molar-refractivity contribution in [2.24, 2.45) is 5.92 Å². The Morgan fingerprint density at radius 1 is 1.19 bits per heavy atom. The lowest BCUT2D eigenvalue weighted by molar-refractivity contribution is 0.0781. The molecule has 0 aromatic heterocycles. The molecule has 3 heteroatoms. The van der Waals surface area contributed by atoms with Crippen LogP contribution < -0.4 is 10.1 Å². The summed E-state index contributed by atoms with van der Waals surface area (Å²) in [5, 5.41) is 3.32. The van der Waals surface area contributed by atoms with Crippen molar-refractivity contribution in [3.05, 3.63) is 29.8 Å². The van der Waals surface area contributed by atoms with Crippen molar-refractivity contribution in [2.75, 3.05) is 27.4 Å².